The Balaban J connectivity index is 0.000000490. The summed E-state index contributed by atoms with van der Waals surface area (Å²) in [4.78, 5) is 15.9. The summed E-state index contributed by atoms with van der Waals surface area (Å²) in [6.45, 7) is 0. The van der Waals surface area contributed by atoms with Gasteiger partial charge in [0.25, 0.3) is 0 Å². The monoisotopic (exact) mass is 184 g/mol. The van der Waals surface area contributed by atoms with Crippen molar-refractivity contribution in [3.8, 4) is 0 Å². The molecule has 1 aromatic heterocycles. The second kappa shape index (κ2) is 3.92. The molecule has 0 bridgehead atoms. The van der Waals surface area contributed by atoms with Gasteiger partial charge in [-0.2, -0.15) is 0 Å². The molecular weight excluding hydrogens is 181 g/mol. The Labute approximate surface area is 71.4 Å². The number of hydrogen-bond acceptors (Lipinski definition) is 2. The number of hydrogen-bond donors (Lipinski definition) is 1. The second-order valence-corrected chi connectivity index (χ2v) is 1.03. The van der Waals surface area contributed by atoms with Crippen molar-refractivity contribution >= 4 is 0 Å². The maximum Gasteiger partial charge on any atom is 0.173 e. The topological polar surface area (TPSA) is 45.8 Å². The number of aromatic amines is 1. The van der Waals surface area contributed by atoms with Gasteiger partial charge in [0.2, 0.25) is 0 Å². The van der Waals surface area contributed by atoms with Crippen molar-refractivity contribution in [2.75, 3.05) is 0 Å². The Morgan fingerprint density at radius 3 is 2.75 bits per heavy atom. The molecule has 1 radical (unpaired) electrons. The van der Waals surface area contributed by atoms with Crippen LogP contribution < -0.4 is 5.56 Å². The summed E-state index contributed by atoms with van der Waals surface area (Å²) in [6, 6.07) is 0. The summed E-state index contributed by atoms with van der Waals surface area (Å²) in [7, 11) is 0. The van der Waals surface area contributed by atoms with Gasteiger partial charge in [0.15, 0.2) is 5.56 Å². The summed E-state index contributed by atoms with van der Waals surface area (Å²) in [5.41, 5.74) is -0.289. The second-order valence-electron chi connectivity index (χ2n) is 1.03. The summed E-state index contributed by atoms with van der Waals surface area (Å²) >= 11 is 0. The minimum Gasteiger partial charge on any atom is -0.452 e. The number of nitrogens with one attached hydrogen (secondary N) is 1. The first-order valence-corrected chi connectivity index (χ1v) is 1.81. The van der Waals surface area contributed by atoms with E-state index in [1.807, 2.05) is 0 Å². The van der Waals surface area contributed by atoms with Gasteiger partial charge in [-0.3, -0.25) is 4.79 Å². The summed E-state index contributed by atoms with van der Waals surface area (Å²) < 4.78 is 0. The molecule has 1 rings (SSSR count). The molecule has 1 N–H and O–H groups in total. The van der Waals surface area contributed by atoms with Crippen LogP contribution in [-0.2, 0) is 32.7 Å². The van der Waals surface area contributed by atoms with Crippen LogP contribution in [0.25, 0.3) is 0 Å². The van der Waals surface area contributed by atoms with E-state index in [0.717, 1.165) is 0 Å². The van der Waals surface area contributed by atoms with Crippen molar-refractivity contribution in [3.05, 3.63) is 28.9 Å². The fourth-order valence-corrected chi connectivity index (χ4v) is 0.278. The number of aromatic nitrogens is 2. The third-order valence-corrected chi connectivity index (χ3v) is 0.530. The van der Waals surface area contributed by atoms with Crippen LogP contribution in [0.3, 0.4) is 0 Å². The van der Waals surface area contributed by atoms with Gasteiger partial charge in [-0.25, -0.2) is 0 Å². The zero-order valence-electron chi connectivity index (χ0n) is 4.09. The molecule has 0 aliphatic rings. The van der Waals surface area contributed by atoms with Gasteiger partial charge in [-0.05, 0) is 0 Å². The molecule has 0 aromatic carbocycles. The van der Waals surface area contributed by atoms with Gasteiger partial charge >= 0.3 is 0 Å². The maximum atomic E-state index is 10.1. The molecule has 0 saturated carbocycles. The Kier molecular flexibility index (Phi) is 3.92. The van der Waals surface area contributed by atoms with E-state index >= 15 is 0 Å². The molecule has 39 valence electrons. The van der Waals surface area contributed by atoms with E-state index in [-0.39, 0.29) is 38.3 Å². The third kappa shape index (κ3) is 2.33. The molecule has 0 aliphatic carbocycles. The van der Waals surface area contributed by atoms with Crippen LogP contribution in [0, 0.1) is 6.20 Å². The largest absolute Gasteiger partial charge is 0.452 e. The SMILES string of the molecule is O=c1[c-]ncc[nH]1.[Y]. The number of nitrogens with zero attached hydrogens (tertiary/aromatic N) is 1. The molecule has 0 amide bonds. The van der Waals surface area contributed by atoms with Crippen LogP contribution in [0.5, 0.6) is 0 Å². The van der Waals surface area contributed by atoms with Gasteiger partial charge in [-0.1, -0.05) is 12.4 Å². The molecule has 0 fully saturated rings. The Hall–Kier alpha value is -0.0161. The molecule has 0 unspecified atom stereocenters. The summed E-state index contributed by atoms with van der Waals surface area (Å²) in [5.74, 6) is 0. The Morgan fingerprint density at radius 2 is 2.50 bits per heavy atom. The first-order valence-electron chi connectivity index (χ1n) is 1.81. The molecule has 0 atom stereocenters. The fourth-order valence-electron chi connectivity index (χ4n) is 0.278. The van der Waals surface area contributed by atoms with Gasteiger partial charge in [-0.15, -0.1) is 6.20 Å². The van der Waals surface area contributed by atoms with E-state index in [9.17, 15) is 4.79 Å². The zero-order chi connectivity index (χ0) is 5.11. The summed E-state index contributed by atoms with van der Waals surface area (Å²) in [5, 5.41) is 0. The Morgan fingerprint density at radius 1 is 1.75 bits per heavy atom. The minimum absolute atomic E-state index is 0. The molecule has 0 aliphatic heterocycles. The van der Waals surface area contributed by atoms with E-state index in [0.29, 0.717) is 0 Å². The quantitative estimate of drug-likeness (QED) is 0.556. The fraction of sp³-hybridized carbons (Fsp3) is 0. The zero-order valence-corrected chi connectivity index (χ0v) is 6.93. The van der Waals surface area contributed by atoms with Crippen molar-refractivity contribution in [2.45, 2.75) is 0 Å². The van der Waals surface area contributed by atoms with Gasteiger partial charge in [0.1, 0.15) is 0 Å². The Bertz CT molecular complexity index is 180. The summed E-state index contributed by atoms with van der Waals surface area (Å²) in [6.07, 6.45) is 5.09. The van der Waals surface area contributed by atoms with E-state index in [4.69, 9.17) is 0 Å². The normalized spacial score (nSPS) is 7.50. The molecular formula is C4H3N2OY-. The van der Waals surface area contributed by atoms with Crippen LogP contribution in [0.15, 0.2) is 17.2 Å². The van der Waals surface area contributed by atoms with Gasteiger partial charge < -0.3 is 9.97 Å². The van der Waals surface area contributed by atoms with E-state index in [2.05, 4.69) is 16.2 Å². The van der Waals surface area contributed by atoms with Gasteiger partial charge in [0.05, 0.1) is 0 Å². The maximum absolute atomic E-state index is 10.1. The molecule has 3 nitrogen and oxygen atoms in total. The van der Waals surface area contributed by atoms with E-state index < -0.39 is 0 Å². The average molecular weight is 184 g/mol. The predicted octanol–water partition coefficient (Wildman–Crippen LogP) is -0.432. The number of H-pyrrole nitrogens is 1. The van der Waals surface area contributed by atoms with Crippen LogP contribution in [-0.4, -0.2) is 9.97 Å². The standard InChI is InChI=1S/C4H3N2O.Y/c7-4-3-5-1-2-6-4;/h1-2H,(H,6,7);/q-1;. The van der Waals surface area contributed by atoms with Crippen LogP contribution >= 0.6 is 0 Å². The van der Waals surface area contributed by atoms with E-state index in [1.165, 1.54) is 12.4 Å². The molecule has 8 heavy (non-hydrogen) atoms. The molecule has 1 aromatic rings. The van der Waals surface area contributed by atoms with Crippen molar-refractivity contribution in [1.29, 1.82) is 0 Å². The van der Waals surface area contributed by atoms with Gasteiger partial charge in [0, 0.05) is 32.7 Å². The first-order chi connectivity index (χ1) is 3.39. The van der Waals surface area contributed by atoms with E-state index in [1.54, 1.807) is 0 Å². The average Bonchev–Trinajstić information content (AvgIpc) is 1.69. The molecule has 0 saturated heterocycles. The molecule has 0 spiro atoms. The van der Waals surface area contributed by atoms with Crippen LogP contribution in [0.1, 0.15) is 0 Å². The number of rotatable bonds is 0. The van der Waals surface area contributed by atoms with Crippen molar-refractivity contribution in [3.63, 3.8) is 0 Å². The van der Waals surface area contributed by atoms with Crippen LogP contribution in [0.4, 0.5) is 0 Å². The molecule has 4 heteroatoms. The minimum atomic E-state index is -0.289. The smallest absolute Gasteiger partial charge is 0.173 e. The first kappa shape index (κ1) is 7.98. The van der Waals surface area contributed by atoms with Crippen LogP contribution in [0.2, 0.25) is 0 Å². The third-order valence-electron chi connectivity index (χ3n) is 0.530. The van der Waals surface area contributed by atoms with Crippen molar-refractivity contribution in [2.24, 2.45) is 0 Å². The van der Waals surface area contributed by atoms with Crippen molar-refractivity contribution in [1.82, 2.24) is 9.97 Å². The van der Waals surface area contributed by atoms with Crippen molar-refractivity contribution < 1.29 is 32.7 Å². The predicted molar refractivity (Wildman–Crippen MR) is 23.7 cm³/mol. The molecule has 1 heterocycles.